The van der Waals surface area contributed by atoms with Crippen molar-refractivity contribution in [3.63, 3.8) is 0 Å². The summed E-state index contributed by atoms with van der Waals surface area (Å²) >= 11 is 3.20. The molecule has 1 atom stereocenters. The second kappa shape index (κ2) is 7.63. The highest BCUT2D eigenvalue weighted by Gasteiger charge is 2.19. The van der Waals surface area contributed by atoms with Gasteiger partial charge in [-0.15, -0.1) is 0 Å². The number of aromatic carboxylic acids is 1. The molecule has 3 N–H and O–H groups in total. The summed E-state index contributed by atoms with van der Waals surface area (Å²) in [6.45, 7) is 3.56. The van der Waals surface area contributed by atoms with E-state index in [0.29, 0.717) is 11.0 Å². The van der Waals surface area contributed by atoms with Crippen LogP contribution in [0.25, 0.3) is 0 Å². The van der Waals surface area contributed by atoms with Gasteiger partial charge in [0.25, 0.3) is 5.91 Å². The van der Waals surface area contributed by atoms with E-state index in [9.17, 15) is 14.4 Å². The van der Waals surface area contributed by atoms with Gasteiger partial charge in [0, 0.05) is 6.54 Å². The predicted octanol–water partition coefficient (Wildman–Crippen LogP) is 1.76. The Balaban J connectivity index is 2.76. The maximum absolute atomic E-state index is 11.7. The fourth-order valence-corrected chi connectivity index (χ4v) is 1.73. The molecular weight excluding hydrogens is 344 g/mol. The number of carbonyl (C=O) groups excluding carboxylic acids is 2. The number of benzene rings is 1. The molecule has 0 heterocycles. The number of urea groups is 1. The maximum atomic E-state index is 11.7. The molecule has 7 nitrogen and oxygen atoms in total. The third-order valence-corrected chi connectivity index (χ3v) is 3.08. The Morgan fingerprint density at radius 2 is 2.05 bits per heavy atom. The van der Waals surface area contributed by atoms with E-state index < -0.39 is 24.0 Å². The van der Waals surface area contributed by atoms with E-state index in [-0.39, 0.29) is 11.3 Å². The van der Waals surface area contributed by atoms with E-state index in [1.54, 1.807) is 6.92 Å². The third kappa shape index (κ3) is 5.07. The van der Waals surface area contributed by atoms with Crippen LogP contribution in [0, 0.1) is 0 Å². The van der Waals surface area contributed by atoms with Gasteiger partial charge in [-0.05, 0) is 48.0 Å². The minimum Gasteiger partial charge on any atom is -0.480 e. The number of hydrogen-bond acceptors (Lipinski definition) is 4. The van der Waals surface area contributed by atoms with Crippen molar-refractivity contribution in [3.8, 4) is 5.75 Å². The molecule has 0 aliphatic rings. The molecular formula is C13H15BrN2O5. The van der Waals surface area contributed by atoms with Crippen LogP contribution >= 0.6 is 15.9 Å². The van der Waals surface area contributed by atoms with Crippen LogP contribution in [-0.2, 0) is 4.79 Å². The Bertz CT molecular complexity index is 561. The normalized spacial score (nSPS) is 11.4. The van der Waals surface area contributed by atoms with E-state index in [4.69, 9.17) is 9.84 Å². The Hall–Kier alpha value is -2.09. The number of carbonyl (C=O) groups is 3. The molecule has 21 heavy (non-hydrogen) atoms. The number of nitrogens with one attached hydrogen (secondary N) is 2. The lowest BCUT2D eigenvalue weighted by molar-refractivity contribution is -0.126. The van der Waals surface area contributed by atoms with Gasteiger partial charge in [-0.3, -0.25) is 10.1 Å². The van der Waals surface area contributed by atoms with Gasteiger partial charge in [0.05, 0.1) is 10.0 Å². The zero-order valence-electron chi connectivity index (χ0n) is 11.5. The first-order valence-corrected chi connectivity index (χ1v) is 6.92. The number of rotatable bonds is 5. The fraction of sp³-hybridized carbons (Fsp3) is 0.308. The molecule has 0 aromatic heterocycles. The van der Waals surface area contributed by atoms with Gasteiger partial charge in [0.15, 0.2) is 6.10 Å². The molecule has 0 aliphatic heterocycles. The predicted molar refractivity (Wildman–Crippen MR) is 78.4 cm³/mol. The summed E-state index contributed by atoms with van der Waals surface area (Å²) in [5.74, 6) is -1.53. The van der Waals surface area contributed by atoms with Crippen LogP contribution in [0.1, 0.15) is 24.2 Å². The van der Waals surface area contributed by atoms with Gasteiger partial charge >= 0.3 is 12.0 Å². The van der Waals surface area contributed by atoms with Gasteiger partial charge in [-0.1, -0.05) is 0 Å². The minimum atomic E-state index is -1.10. The van der Waals surface area contributed by atoms with Crippen LogP contribution in [-0.4, -0.2) is 35.7 Å². The summed E-state index contributed by atoms with van der Waals surface area (Å²) in [6, 6.07) is 3.59. The maximum Gasteiger partial charge on any atom is 0.335 e. The topological polar surface area (TPSA) is 105 Å². The van der Waals surface area contributed by atoms with Gasteiger partial charge in [-0.2, -0.15) is 0 Å². The average Bonchev–Trinajstić information content (AvgIpc) is 2.40. The summed E-state index contributed by atoms with van der Waals surface area (Å²) in [4.78, 5) is 33.9. The molecule has 1 aromatic carbocycles. The minimum absolute atomic E-state index is 0.0320. The lowest BCUT2D eigenvalue weighted by Gasteiger charge is -2.15. The fourth-order valence-electron chi connectivity index (χ4n) is 1.39. The number of amides is 3. The van der Waals surface area contributed by atoms with Crippen LogP contribution in [0.3, 0.4) is 0 Å². The second-order valence-corrected chi connectivity index (χ2v) is 4.91. The lowest BCUT2D eigenvalue weighted by Crippen LogP contribution is -2.45. The summed E-state index contributed by atoms with van der Waals surface area (Å²) in [6.07, 6.45) is -0.965. The molecule has 3 amide bonds. The van der Waals surface area contributed by atoms with Crippen LogP contribution in [0.4, 0.5) is 4.79 Å². The number of hydrogen-bond donors (Lipinski definition) is 3. The van der Waals surface area contributed by atoms with Crippen molar-refractivity contribution in [3.05, 3.63) is 28.2 Å². The van der Waals surface area contributed by atoms with Gasteiger partial charge in [0.2, 0.25) is 0 Å². The van der Waals surface area contributed by atoms with Crippen molar-refractivity contribution in [2.75, 3.05) is 6.54 Å². The zero-order chi connectivity index (χ0) is 16.0. The Morgan fingerprint density at radius 1 is 1.38 bits per heavy atom. The van der Waals surface area contributed by atoms with Crippen molar-refractivity contribution in [2.45, 2.75) is 20.0 Å². The van der Waals surface area contributed by atoms with E-state index in [1.165, 1.54) is 25.1 Å². The molecule has 8 heteroatoms. The molecule has 0 aliphatic carbocycles. The van der Waals surface area contributed by atoms with Crippen LogP contribution < -0.4 is 15.4 Å². The molecule has 0 saturated heterocycles. The number of ether oxygens (including phenoxy) is 1. The first-order valence-electron chi connectivity index (χ1n) is 6.13. The standard InChI is InChI=1S/C13H15BrN2O5/c1-3-15-13(20)16-11(17)7(2)21-10-6-8(12(18)19)4-5-9(10)14/h4-7H,3H2,1-2H3,(H,18,19)(H2,15,16,17,20). The highest BCUT2D eigenvalue weighted by molar-refractivity contribution is 9.10. The largest absolute Gasteiger partial charge is 0.480 e. The van der Waals surface area contributed by atoms with Crippen molar-refractivity contribution in [1.29, 1.82) is 0 Å². The smallest absolute Gasteiger partial charge is 0.335 e. The van der Waals surface area contributed by atoms with Gasteiger partial charge < -0.3 is 15.2 Å². The zero-order valence-corrected chi connectivity index (χ0v) is 13.1. The molecule has 0 fully saturated rings. The lowest BCUT2D eigenvalue weighted by atomic mass is 10.2. The summed E-state index contributed by atoms with van der Waals surface area (Å²) < 4.78 is 5.88. The van der Waals surface area contributed by atoms with Gasteiger partial charge in [0.1, 0.15) is 5.75 Å². The second-order valence-electron chi connectivity index (χ2n) is 4.06. The number of halogens is 1. The highest BCUT2D eigenvalue weighted by Crippen LogP contribution is 2.27. The quantitative estimate of drug-likeness (QED) is 0.743. The first kappa shape index (κ1) is 17.0. The van der Waals surface area contributed by atoms with Crippen LogP contribution in [0.2, 0.25) is 0 Å². The number of carboxylic acids is 1. The third-order valence-electron chi connectivity index (χ3n) is 2.43. The SMILES string of the molecule is CCNC(=O)NC(=O)C(C)Oc1cc(C(=O)O)ccc1Br. The van der Waals surface area contributed by atoms with Crippen LogP contribution in [0.5, 0.6) is 5.75 Å². The number of imide groups is 1. The monoisotopic (exact) mass is 358 g/mol. The Kier molecular flexibility index (Phi) is 6.16. The molecule has 0 spiro atoms. The molecule has 0 saturated carbocycles. The first-order chi connectivity index (χ1) is 9.85. The molecule has 114 valence electrons. The summed E-state index contributed by atoms with van der Waals surface area (Å²) in [5, 5.41) is 13.4. The molecule has 1 rings (SSSR count). The molecule has 1 unspecified atom stereocenters. The van der Waals surface area contributed by atoms with Crippen molar-refractivity contribution in [2.24, 2.45) is 0 Å². The number of carboxylic acid groups (broad SMARTS) is 1. The molecule has 0 radical (unpaired) electrons. The van der Waals surface area contributed by atoms with E-state index in [2.05, 4.69) is 26.6 Å². The van der Waals surface area contributed by atoms with E-state index in [1.807, 2.05) is 0 Å². The summed E-state index contributed by atoms with van der Waals surface area (Å²) in [5.41, 5.74) is 0.0320. The average molecular weight is 359 g/mol. The molecule has 1 aromatic rings. The van der Waals surface area contributed by atoms with Crippen LogP contribution in [0.15, 0.2) is 22.7 Å². The van der Waals surface area contributed by atoms with Crippen molar-refractivity contribution >= 4 is 33.8 Å². The summed E-state index contributed by atoms with van der Waals surface area (Å²) in [7, 11) is 0. The van der Waals surface area contributed by atoms with E-state index in [0.717, 1.165) is 0 Å². The Labute approximate surface area is 129 Å². The van der Waals surface area contributed by atoms with E-state index >= 15 is 0 Å². The Morgan fingerprint density at radius 3 is 2.62 bits per heavy atom. The highest BCUT2D eigenvalue weighted by atomic mass is 79.9. The van der Waals surface area contributed by atoms with Gasteiger partial charge in [-0.25, -0.2) is 9.59 Å². The molecule has 0 bridgehead atoms. The van der Waals surface area contributed by atoms with Crippen molar-refractivity contribution in [1.82, 2.24) is 10.6 Å². The van der Waals surface area contributed by atoms with Crippen molar-refractivity contribution < 1.29 is 24.2 Å².